The number of aryl methyl sites for hydroxylation is 2. The Morgan fingerprint density at radius 1 is 1.32 bits per heavy atom. The molecule has 1 aliphatic rings. The predicted octanol–water partition coefficient (Wildman–Crippen LogP) is 2.84. The van der Waals surface area contributed by atoms with Crippen LogP contribution in [0.2, 0.25) is 0 Å². The third-order valence-corrected chi connectivity index (χ3v) is 4.07. The summed E-state index contributed by atoms with van der Waals surface area (Å²) in [5, 5.41) is 3.17. The molecule has 1 unspecified atom stereocenters. The van der Waals surface area contributed by atoms with Crippen molar-refractivity contribution in [3.63, 3.8) is 0 Å². The second-order valence-corrected chi connectivity index (χ2v) is 5.29. The average molecular weight is 260 g/mol. The van der Waals surface area contributed by atoms with Gasteiger partial charge < -0.3 is 5.32 Å². The highest BCUT2D eigenvalue weighted by molar-refractivity contribution is 5.96. The zero-order valence-electron chi connectivity index (χ0n) is 12.2. The normalized spacial score (nSPS) is 19.6. The van der Waals surface area contributed by atoms with Crippen LogP contribution in [0.5, 0.6) is 0 Å². The Kier molecular flexibility index (Phi) is 4.59. The standard InChI is InChI=1S/C16H24N2O/c1-4-12-8-6-9-13(5-2)15(12)17-16(19)14-10-7-11-18(14)3/h6,8-9,14H,4-5,7,10-11H2,1-3H3,(H,17,19). The van der Waals surface area contributed by atoms with Gasteiger partial charge in [-0.15, -0.1) is 0 Å². The molecule has 1 aliphatic heterocycles. The van der Waals surface area contributed by atoms with Crippen molar-refractivity contribution in [1.82, 2.24) is 4.90 Å². The molecule has 1 aromatic carbocycles. The fraction of sp³-hybridized carbons (Fsp3) is 0.562. The van der Waals surface area contributed by atoms with Gasteiger partial charge in [-0.3, -0.25) is 9.69 Å². The number of likely N-dealkylation sites (N-methyl/N-ethyl adjacent to an activating group) is 1. The quantitative estimate of drug-likeness (QED) is 0.903. The molecular formula is C16H24N2O. The third kappa shape index (κ3) is 2.98. The van der Waals surface area contributed by atoms with Crippen LogP contribution in [-0.2, 0) is 17.6 Å². The number of carbonyl (C=O) groups is 1. The highest BCUT2D eigenvalue weighted by Crippen LogP contribution is 2.24. The number of para-hydroxylation sites is 1. The summed E-state index contributed by atoms with van der Waals surface area (Å²) < 4.78 is 0. The lowest BCUT2D eigenvalue weighted by Gasteiger charge is -2.21. The zero-order valence-corrected chi connectivity index (χ0v) is 12.2. The van der Waals surface area contributed by atoms with Crippen LogP contribution < -0.4 is 5.32 Å². The average Bonchev–Trinajstić information content (AvgIpc) is 2.85. The van der Waals surface area contributed by atoms with Crippen molar-refractivity contribution >= 4 is 11.6 Å². The molecule has 0 bridgehead atoms. The van der Waals surface area contributed by atoms with Crippen molar-refractivity contribution in [3.05, 3.63) is 29.3 Å². The van der Waals surface area contributed by atoms with Crippen LogP contribution in [0.4, 0.5) is 5.69 Å². The van der Waals surface area contributed by atoms with E-state index in [1.165, 1.54) is 11.1 Å². The van der Waals surface area contributed by atoms with E-state index in [0.717, 1.165) is 37.9 Å². The molecule has 1 fully saturated rings. The molecule has 1 heterocycles. The first-order chi connectivity index (χ1) is 9.17. The number of carbonyl (C=O) groups excluding carboxylic acids is 1. The van der Waals surface area contributed by atoms with Crippen LogP contribution in [0, 0.1) is 0 Å². The number of nitrogens with zero attached hydrogens (tertiary/aromatic N) is 1. The Morgan fingerprint density at radius 3 is 2.42 bits per heavy atom. The van der Waals surface area contributed by atoms with Crippen molar-refractivity contribution in [2.45, 2.75) is 45.6 Å². The zero-order chi connectivity index (χ0) is 13.8. The predicted molar refractivity (Wildman–Crippen MR) is 79.5 cm³/mol. The summed E-state index contributed by atoms with van der Waals surface area (Å²) in [7, 11) is 2.03. The molecule has 1 atom stereocenters. The van der Waals surface area contributed by atoms with Crippen LogP contribution in [0.15, 0.2) is 18.2 Å². The first kappa shape index (κ1) is 14.1. The second-order valence-electron chi connectivity index (χ2n) is 5.29. The molecule has 1 N–H and O–H groups in total. The minimum atomic E-state index is 0.0367. The maximum absolute atomic E-state index is 12.4. The highest BCUT2D eigenvalue weighted by Gasteiger charge is 2.28. The van der Waals surface area contributed by atoms with Gasteiger partial charge >= 0.3 is 0 Å². The number of likely N-dealkylation sites (tertiary alicyclic amines) is 1. The topological polar surface area (TPSA) is 32.3 Å². The number of hydrogen-bond acceptors (Lipinski definition) is 2. The third-order valence-electron chi connectivity index (χ3n) is 4.07. The molecule has 0 radical (unpaired) electrons. The van der Waals surface area contributed by atoms with Gasteiger partial charge in [0.05, 0.1) is 6.04 Å². The molecule has 3 nitrogen and oxygen atoms in total. The molecule has 0 aliphatic carbocycles. The summed E-state index contributed by atoms with van der Waals surface area (Å²) in [5.74, 6) is 0.149. The Hall–Kier alpha value is -1.35. The Bertz CT molecular complexity index is 434. The van der Waals surface area contributed by atoms with E-state index in [0.29, 0.717) is 0 Å². The molecule has 19 heavy (non-hydrogen) atoms. The number of hydrogen-bond donors (Lipinski definition) is 1. The van der Waals surface area contributed by atoms with E-state index < -0.39 is 0 Å². The summed E-state index contributed by atoms with van der Waals surface area (Å²) >= 11 is 0. The van der Waals surface area contributed by atoms with Gasteiger partial charge in [0, 0.05) is 5.69 Å². The SMILES string of the molecule is CCc1cccc(CC)c1NC(=O)C1CCCN1C. The van der Waals surface area contributed by atoms with E-state index in [9.17, 15) is 4.79 Å². The lowest BCUT2D eigenvalue weighted by Crippen LogP contribution is -2.37. The number of rotatable bonds is 4. The molecular weight excluding hydrogens is 236 g/mol. The van der Waals surface area contributed by atoms with E-state index in [4.69, 9.17) is 0 Å². The number of amides is 1. The molecule has 0 saturated carbocycles. The molecule has 0 aromatic heterocycles. The molecule has 3 heteroatoms. The van der Waals surface area contributed by atoms with Crippen molar-refractivity contribution < 1.29 is 4.79 Å². The molecule has 1 aromatic rings. The maximum Gasteiger partial charge on any atom is 0.241 e. The van der Waals surface area contributed by atoms with E-state index in [1.54, 1.807) is 0 Å². The Balaban J connectivity index is 2.20. The smallest absolute Gasteiger partial charge is 0.241 e. The first-order valence-corrected chi connectivity index (χ1v) is 7.29. The van der Waals surface area contributed by atoms with E-state index >= 15 is 0 Å². The minimum absolute atomic E-state index is 0.0367. The fourth-order valence-electron chi connectivity index (χ4n) is 2.85. The van der Waals surface area contributed by atoms with E-state index in [-0.39, 0.29) is 11.9 Å². The summed E-state index contributed by atoms with van der Waals surface area (Å²) in [5.41, 5.74) is 3.50. The maximum atomic E-state index is 12.4. The largest absolute Gasteiger partial charge is 0.324 e. The van der Waals surface area contributed by atoms with Crippen molar-refractivity contribution in [1.29, 1.82) is 0 Å². The minimum Gasteiger partial charge on any atom is -0.324 e. The van der Waals surface area contributed by atoms with Gasteiger partial charge in [0.25, 0.3) is 0 Å². The van der Waals surface area contributed by atoms with Crippen molar-refractivity contribution in [3.8, 4) is 0 Å². The van der Waals surface area contributed by atoms with Crippen LogP contribution in [0.1, 0.15) is 37.8 Å². The fourth-order valence-corrected chi connectivity index (χ4v) is 2.85. The molecule has 0 spiro atoms. The molecule has 2 rings (SSSR count). The van der Waals surface area contributed by atoms with Crippen LogP contribution in [-0.4, -0.2) is 30.4 Å². The summed E-state index contributed by atoms with van der Waals surface area (Å²) in [4.78, 5) is 14.6. The van der Waals surface area contributed by atoms with Gasteiger partial charge in [0.15, 0.2) is 0 Å². The van der Waals surface area contributed by atoms with Crippen molar-refractivity contribution in [2.24, 2.45) is 0 Å². The van der Waals surface area contributed by atoms with Crippen LogP contribution in [0.3, 0.4) is 0 Å². The monoisotopic (exact) mass is 260 g/mol. The number of anilines is 1. The van der Waals surface area contributed by atoms with Gasteiger partial charge in [-0.2, -0.15) is 0 Å². The van der Waals surface area contributed by atoms with E-state index in [1.807, 2.05) is 7.05 Å². The van der Waals surface area contributed by atoms with Gasteiger partial charge in [-0.05, 0) is 50.4 Å². The molecule has 1 saturated heterocycles. The summed E-state index contributed by atoms with van der Waals surface area (Å²) in [6.07, 6.45) is 3.98. The van der Waals surface area contributed by atoms with Gasteiger partial charge in [0.2, 0.25) is 5.91 Å². The lowest BCUT2D eigenvalue weighted by atomic mass is 10.0. The Labute approximate surface area is 116 Å². The lowest BCUT2D eigenvalue weighted by molar-refractivity contribution is -0.119. The van der Waals surface area contributed by atoms with Gasteiger partial charge in [-0.1, -0.05) is 32.0 Å². The Morgan fingerprint density at radius 2 is 1.95 bits per heavy atom. The second kappa shape index (κ2) is 6.20. The van der Waals surface area contributed by atoms with Gasteiger partial charge in [-0.25, -0.2) is 0 Å². The van der Waals surface area contributed by atoms with Crippen molar-refractivity contribution in [2.75, 3.05) is 18.9 Å². The number of benzene rings is 1. The van der Waals surface area contributed by atoms with Crippen LogP contribution >= 0.6 is 0 Å². The highest BCUT2D eigenvalue weighted by atomic mass is 16.2. The van der Waals surface area contributed by atoms with Gasteiger partial charge in [0.1, 0.15) is 0 Å². The molecule has 1 amide bonds. The summed E-state index contributed by atoms with van der Waals surface area (Å²) in [6.45, 7) is 5.28. The molecule has 104 valence electrons. The first-order valence-electron chi connectivity index (χ1n) is 7.29. The number of nitrogens with one attached hydrogen (secondary N) is 1. The van der Waals surface area contributed by atoms with E-state index in [2.05, 4.69) is 42.3 Å². The van der Waals surface area contributed by atoms with Crippen LogP contribution in [0.25, 0.3) is 0 Å². The summed E-state index contributed by atoms with van der Waals surface area (Å²) in [6, 6.07) is 6.32.